The standard InChI is InChI=1S/C21H20O2/c1-12-10-16-17-11-21(2,3)9-8-15(17)19(22)20(23)18(16)14-7-5-4-6-13(12)14/h4-7,10H,8-9,11H2,1-3H3. The van der Waals surface area contributed by atoms with Crippen LogP contribution in [0, 0.1) is 12.3 Å². The number of aryl methyl sites for hydroxylation is 1. The number of rotatable bonds is 0. The zero-order valence-corrected chi connectivity index (χ0v) is 13.8. The van der Waals surface area contributed by atoms with Crippen molar-refractivity contribution in [3.05, 3.63) is 52.6 Å². The third-order valence-electron chi connectivity index (χ3n) is 5.36. The quantitative estimate of drug-likeness (QED) is 0.650. The summed E-state index contributed by atoms with van der Waals surface area (Å²) >= 11 is 0. The fourth-order valence-electron chi connectivity index (χ4n) is 4.09. The predicted octanol–water partition coefficient (Wildman–Crippen LogP) is 4.88. The van der Waals surface area contributed by atoms with Crippen molar-refractivity contribution in [2.45, 2.75) is 40.0 Å². The molecule has 2 heteroatoms. The SMILES string of the molecule is Cc1cc2c(c3ccccc13)C(=O)C(=O)C1=C2CC(C)(C)CC1. The minimum atomic E-state index is -0.324. The van der Waals surface area contributed by atoms with Gasteiger partial charge in [0.15, 0.2) is 0 Å². The molecule has 0 N–H and O–H groups in total. The van der Waals surface area contributed by atoms with E-state index in [9.17, 15) is 9.59 Å². The van der Waals surface area contributed by atoms with Gasteiger partial charge in [0.05, 0.1) is 0 Å². The first-order chi connectivity index (χ1) is 10.9. The topological polar surface area (TPSA) is 34.1 Å². The second-order valence-corrected chi connectivity index (χ2v) is 7.62. The van der Waals surface area contributed by atoms with E-state index < -0.39 is 0 Å². The van der Waals surface area contributed by atoms with Gasteiger partial charge in [0, 0.05) is 11.1 Å². The van der Waals surface area contributed by atoms with Gasteiger partial charge < -0.3 is 0 Å². The molecule has 0 unspecified atom stereocenters. The van der Waals surface area contributed by atoms with Crippen molar-refractivity contribution in [3.63, 3.8) is 0 Å². The third kappa shape index (κ3) is 2.01. The van der Waals surface area contributed by atoms with Crippen molar-refractivity contribution < 1.29 is 9.59 Å². The normalized spacial score (nSPS) is 19.8. The monoisotopic (exact) mass is 304 g/mol. The Morgan fingerprint density at radius 2 is 1.65 bits per heavy atom. The van der Waals surface area contributed by atoms with E-state index in [4.69, 9.17) is 0 Å². The molecular formula is C21H20O2. The molecule has 23 heavy (non-hydrogen) atoms. The van der Waals surface area contributed by atoms with E-state index >= 15 is 0 Å². The van der Waals surface area contributed by atoms with Crippen LogP contribution in [0.1, 0.15) is 54.6 Å². The number of benzene rings is 2. The molecule has 0 fully saturated rings. The molecule has 116 valence electrons. The molecule has 0 bridgehead atoms. The molecule has 0 heterocycles. The van der Waals surface area contributed by atoms with Gasteiger partial charge in [-0.25, -0.2) is 0 Å². The van der Waals surface area contributed by atoms with Gasteiger partial charge in [-0.05, 0) is 59.1 Å². The van der Waals surface area contributed by atoms with E-state index in [1.807, 2.05) is 24.3 Å². The first-order valence-electron chi connectivity index (χ1n) is 8.23. The van der Waals surface area contributed by atoms with E-state index in [-0.39, 0.29) is 17.0 Å². The molecule has 2 aromatic carbocycles. The van der Waals surface area contributed by atoms with Crippen molar-refractivity contribution in [1.29, 1.82) is 0 Å². The fraction of sp³-hybridized carbons (Fsp3) is 0.333. The van der Waals surface area contributed by atoms with E-state index in [0.717, 1.165) is 52.3 Å². The second kappa shape index (κ2) is 4.64. The Morgan fingerprint density at radius 3 is 2.39 bits per heavy atom. The van der Waals surface area contributed by atoms with Crippen molar-refractivity contribution >= 4 is 27.9 Å². The molecular weight excluding hydrogens is 284 g/mol. The Bertz CT molecular complexity index is 913. The number of hydrogen-bond donors (Lipinski definition) is 0. The minimum Gasteiger partial charge on any atom is -0.285 e. The Balaban J connectivity index is 2.09. The van der Waals surface area contributed by atoms with Crippen LogP contribution in [0.25, 0.3) is 16.3 Å². The molecule has 0 amide bonds. The molecule has 0 saturated carbocycles. The van der Waals surface area contributed by atoms with Gasteiger partial charge in [0.1, 0.15) is 0 Å². The van der Waals surface area contributed by atoms with Gasteiger partial charge in [-0.2, -0.15) is 0 Å². The summed E-state index contributed by atoms with van der Waals surface area (Å²) < 4.78 is 0. The maximum absolute atomic E-state index is 12.8. The van der Waals surface area contributed by atoms with E-state index in [1.54, 1.807) is 0 Å². The summed E-state index contributed by atoms with van der Waals surface area (Å²) in [5.74, 6) is -0.605. The van der Waals surface area contributed by atoms with Crippen molar-refractivity contribution in [1.82, 2.24) is 0 Å². The van der Waals surface area contributed by atoms with Gasteiger partial charge in [-0.15, -0.1) is 0 Å². The van der Waals surface area contributed by atoms with Crippen LogP contribution in [-0.4, -0.2) is 11.6 Å². The van der Waals surface area contributed by atoms with Crippen molar-refractivity contribution in [3.8, 4) is 0 Å². The largest absolute Gasteiger partial charge is 0.285 e. The van der Waals surface area contributed by atoms with Gasteiger partial charge in [-0.3, -0.25) is 9.59 Å². The highest BCUT2D eigenvalue weighted by Gasteiger charge is 2.39. The summed E-state index contributed by atoms with van der Waals surface area (Å²) in [5, 5.41) is 1.97. The molecule has 0 radical (unpaired) electrons. The number of carbonyl (C=O) groups is 2. The maximum Gasteiger partial charge on any atom is 0.234 e. The summed E-state index contributed by atoms with van der Waals surface area (Å²) in [7, 11) is 0. The molecule has 0 aliphatic heterocycles. The van der Waals surface area contributed by atoms with E-state index in [1.165, 1.54) is 0 Å². The molecule has 0 aromatic heterocycles. The predicted molar refractivity (Wildman–Crippen MR) is 92.6 cm³/mol. The van der Waals surface area contributed by atoms with Crippen LogP contribution in [0.2, 0.25) is 0 Å². The molecule has 2 aliphatic rings. The Kier molecular flexibility index (Phi) is 2.90. The average molecular weight is 304 g/mol. The lowest BCUT2D eigenvalue weighted by Gasteiger charge is -2.35. The van der Waals surface area contributed by atoms with Crippen LogP contribution in [0.4, 0.5) is 0 Å². The second-order valence-electron chi connectivity index (χ2n) is 7.62. The zero-order valence-electron chi connectivity index (χ0n) is 13.8. The summed E-state index contributed by atoms with van der Waals surface area (Å²) in [5.41, 5.74) is 4.82. The lowest BCUT2D eigenvalue weighted by atomic mass is 9.67. The minimum absolute atomic E-state index is 0.177. The highest BCUT2D eigenvalue weighted by atomic mass is 16.2. The smallest absolute Gasteiger partial charge is 0.234 e. The van der Waals surface area contributed by atoms with Crippen LogP contribution in [-0.2, 0) is 4.79 Å². The summed E-state index contributed by atoms with van der Waals surface area (Å²) in [6.07, 6.45) is 2.55. The van der Waals surface area contributed by atoms with Crippen LogP contribution in [0.5, 0.6) is 0 Å². The number of Topliss-reactive ketones (excluding diaryl/α,β-unsaturated/α-hetero) is 2. The summed E-state index contributed by atoms with van der Waals surface area (Å²) in [4.78, 5) is 25.4. The first-order valence-corrected chi connectivity index (χ1v) is 8.23. The van der Waals surface area contributed by atoms with Crippen LogP contribution >= 0.6 is 0 Å². The Hall–Kier alpha value is -2.22. The van der Waals surface area contributed by atoms with Crippen molar-refractivity contribution in [2.75, 3.05) is 0 Å². The van der Waals surface area contributed by atoms with E-state index in [2.05, 4.69) is 26.8 Å². The first kappa shape index (κ1) is 14.4. The molecule has 0 saturated heterocycles. The molecule has 2 aliphatic carbocycles. The molecule has 2 nitrogen and oxygen atoms in total. The van der Waals surface area contributed by atoms with Crippen LogP contribution in [0.3, 0.4) is 0 Å². The molecule has 4 rings (SSSR count). The number of ketones is 2. The number of carbonyl (C=O) groups excluding carboxylic acids is 2. The highest BCUT2D eigenvalue weighted by Crippen LogP contribution is 2.47. The number of allylic oxidation sites excluding steroid dienone is 2. The summed E-state index contributed by atoms with van der Waals surface area (Å²) in [6.45, 7) is 6.56. The van der Waals surface area contributed by atoms with E-state index in [0.29, 0.717) is 5.56 Å². The Labute approximate surface area is 136 Å². The van der Waals surface area contributed by atoms with Crippen molar-refractivity contribution in [2.24, 2.45) is 5.41 Å². The van der Waals surface area contributed by atoms with Gasteiger partial charge in [-0.1, -0.05) is 44.2 Å². The number of hydrogen-bond acceptors (Lipinski definition) is 2. The van der Waals surface area contributed by atoms with Crippen LogP contribution in [0.15, 0.2) is 35.9 Å². The average Bonchev–Trinajstić information content (AvgIpc) is 2.52. The number of fused-ring (bicyclic) bond motifs is 4. The Morgan fingerprint density at radius 1 is 0.957 bits per heavy atom. The summed E-state index contributed by atoms with van der Waals surface area (Å²) in [6, 6.07) is 10.0. The highest BCUT2D eigenvalue weighted by molar-refractivity contribution is 6.54. The lowest BCUT2D eigenvalue weighted by Crippen LogP contribution is -2.30. The van der Waals surface area contributed by atoms with Gasteiger partial charge in [0.25, 0.3) is 0 Å². The molecule has 0 atom stereocenters. The third-order valence-corrected chi connectivity index (χ3v) is 5.36. The lowest BCUT2D eigenvalue weighted by molar-refractivity contribution is -0.112. The van der Waals surface area contributed by atoms with Crippen LogP contribution < -0.4 is 0 Å². The molecule has 0 spiro atoms. The van der Waals surface area contributed by atoms with Gasteiger partial charge >= 0.3 is 0 Å². The zero-order chi connectivity index (χ0) is 16.4. The maximum atomic E-state index is 12.8. The van der Waals surface area contributed by atoms with Gasteiger partial charge in [0.2, 0.25) is 11.6 Å². The molecule has 2 aromatic rings. The fourth-order valence-corrected chi connectivity index (χ4v) is 4.09.